The molecule has 0 saturated carbocycles. The van der Waals surface area contributed by atoms with Gasteiger partial charge in [0, 0.05) is 18.6 Å². The second-order valence-corrected chi connectivity index (χ2v) is 4.51. The Hall–Kier alpha value is -0.490. The first-order valence-corrected chi connectivity index (χ1v) is 4.72. The highest BCUT2D eigenvalue weighted by molar-refractivity contribution is 8.01. The molecular formula is C8H11NOS. The lowest BCUT2D eigenvalue weighted by Crippen LogP contribution is -2.25. The maximum Gasteiger partial charge on any atom is 0.149 e. The molecule has 2 nitrogen and oxygen atoms in total. The van der Waals surface area contributed by atoms with Gasteiger partial charge < -0.3 is 0 Å². The van der Waals surface area contributed by atoms with E-state index < -0.39 is 0 Å². The van der Waals surface area contributed by atoms with Crippen molar-refractivity contribution in [1.29, 1.82) is 5.26 Å². The molecule has 1 saturated heterocycles. The third-order valence-corrected chi connectivity index (χ3v) is 3.53. The van der Waals surface area contributed by atoms with Crippen molar-refractivity contribution in [2.75, 3.05) is 5.75 Å². The molecule has 60 valence electrons. The number of nitriles is 1. The molecule has 0 aromatic carbocycles. The Morgan fingerprint density at radius 1 is 1.82 bits per heavy atom. The maximum absolute atomic E-state index is 11.3. The van der Waals surface area contributed by atoms with Crippen molar-refractivity contribution in [1.82, 2.24) is 0 Å². The Labute approximate surface area is 71.0 Å². The van der Waals surface area contributed by atoms with Gasteiger partial charge in [0.15, 0.2) is 0 Å². The van der Waals surface area contributed by atoms with Crippen LogP contribution in [0.5, 0.6) is 0 Å². The van der Waals surface area contributed by atoms with Crippen molar-refractivity contribution >= 4 is 17.5 Å². The molecule has 1 aliphatic heterocycles. The summed E-state index contributed by atoms with van der Waals surface area (Å²) in [7, 11) is 0. The molecular weight excluding hydrogens is 158 g/mol. The van der Waals surface area contributed by atoms with Gasteiger partial charge in [-0.1, -0.05) is 0 Å². The first-order valence-electron chi connectivity index (χ1n) is 3.73. The summed E-state index contributed by atoms with van der Waals surface area (Å²) in [5, 5.41) is 8.36. The van der Waals surface area contributed by atoms with Gasteiger partial charge >= 0.3 is 0 Å². The fraction of sp³-hybridized carbons (Fsp3) is 0.750. The van der Waals surface area contributed by atoms with E-state index >= 15 is 0 Å². The average molecular weight is 169 g/mol. The largest absolute Gasteiger partial charge is 0.298 e. The van der Waals surface area contributed by atoms with Gasteiger partial charge in [0.2, 0.25) is 0 Å². The van der Waals surface area contributed by atoms with Crippen LogP contribution in [-0.4, -0.2) is 16.3 Å². The first-order chi connectivity index (χ1) is 5.19. The topological polar surface area (TPSA) is 40.9 Å². The normalized spacial score (nSPS) is 30.4. The standard InChI is InChI=1S/C8H11NOS/c1-8(4-2-5-9)7(10)3-6-11-8/h2-4,6H2,1H3. The molecule has 1 heterocycles. The number of hydrogen-bond acceptors (Lipinski definition) is 3. The SMILES string of the molecule is CC1(CCC#N)SCCC1=O. The zero-order chi connectivity index (χ0) is 8.32. The fourth-order valence-electron chi connectivity index (χ4n) is 1.22. The molecule has 0 aliphatic carbocycles. The number of hydrogen-bond donors (Lipinski definition) is 0. The van der Waals surface area contributed by atoms with Crippen molar-refractivity contribution in [3.63, 3.8) is 0 Å². The van der Waals surface area contributed by atoms with Gasteiger partial charge in [-0.05, 0) is 13.3 Å². The zero-order valence-corrected chi connectivity index (χ0v) is 7.41. The molecule has 1 atom stereocenters. The second kappa shape index (κ2) is 3.27. The molecule has 0 aromatic rings. The van der Waals surface area contributed by atoms with Crippen LogP contribution in [0.4, 0.5) is 0 Å². The van der Waals surface area contributed by atoms with Gasteiger partial charge in [0.1, 0.15) is 5.78 Å². The molecule has 1 aliphatic rings. The van der Waals surface area contributed by atoms with Gasteiger partial charge in [-0.25, -0.2) is 0 Å². The number of Topliss-reactive ketones (excluding diaryl/α,β-unsaturated/α-hetero) is 1. The maximum atomic E-state index is 11.3. The molecule has 0 bridgehead atoms. The van der Waals surface area contributed by atoms with Crippen molar-refractivity contribution in [3.8, 4) is 6.07 Å². The van der Waals surface area contributed by atoms with Crippen molar-refractivity contribution in [2.45, 2.75) is 30.9 Å². The predicted molar refractivity (Wildman–Crippen MR) is 45.3 cm³/mol. The first kappa shape index (κ1) is 8.61. The molecule has 1 fully saturated rings. The minimum atomic E-state index is -0.240. The van der Waals surface area contributed by atoms with E-state index in [0.717, 1.165) is 5.75 Å². The van der Waals surface area contributed by atoms with Gasteiger partial charge in [-0.3, -0.25) is 4.79 Å². The van der Waals surface area contributed by atoms with Crippen LogP contribution < -0.4 is 0 Å². The van der Waals surface area contributed by atoms with E-state index in [0.29, 0.717) is 25.0 Å². The Bertz CT molecular complexity index is 209. The van der Waals surface area contributed by atoms with Gasteiger partial charge in [0.05, 0.1) is 10.8 Å². The van der Waals surface area contributed by atoms with Crippen LogP contribution >= 0.6 is 11.8 Å². The number of thioether (sulfide) groups is 1. The quantitative estimate of drug-likeness (QED) is 0.632. The molecule has 1 rings (SSSR count). The van der Waals surface area contributed by atoms with Crippen LogP contribution in [0, 0.1) is 11.3 Å². The van der Waals surface area contributed by atoms with Crippen LogP contribution in [0.15, 0.2) is 0 Å². The Kier molecular flexibility index (Phi) is 2.56. The van der Waals surface area contributed by atoms with Crippen molar-refractivity contribution in [2.24, 2.45) is 0 Å². The third-order valence-electron chi connectivity index (χ3n) is 2.05. The summed E-state index contributed by atoms with van der Waals surface area (Å²) in [4.78, 5) is 11.3. The summed E-state index contributed by atoms with van der Waals surface area (Å²) in [5.41, 5.74) is 0. The molecule has 3 heteroatoms. The number of carbonyl (C=O) groups excluding carboxylic acids is 1. The molecule has 0 N–H and O–H groups in total. The van der Waals surface area contributed by atoms with E-state index in [1.165, 1.54) is 0 Å². The van der Waals surface area contributed by atoms with E-state index in [1.54, 1.807) is 11.8 Å². The van der Waals surface area contributed by atoms with E-state index in [4.69, 9.17) is 5.26 Å². The van der Waals surface area contributed by atoms with Gasteiger partial charge in [0.25, 0.3) is 0 Å². The Morgan fingerprint density at radius 3 is 3.00 bits per heavy atom. The minimum absolute atomic E-state index is 0.240. The summed E-state index contributed by atoms with van der Waals surface area (Å²) in [5.74, 6) is 1.25. The minimum Gasteiger partial charge on any atom is -0.298 e. The lowest BCUT2D eigenvalue weighted by molar-refractivity contribution is -0.120. The highest BCUT2D eigenvalue weighted by Crippen LogP contribution is 2.38. The van der Waals surface area contributed by atoms with E-state index in [-0.39, 0.29) is 4.75 Å². The summed E-state index contributed by atoms with van der Waals surface area (Å²) in [6.45, 7) is 1.95. The van der Waals surface area contributed by atoms with Gasteiger partial charge in [-0.15, -0.1) is 11.8 Å². The Morgan fingerprint density at radius 2 is 2.55 bits per heavy atom. The highest BCUT2D eigenvalue weighted by atomic mass is 32.2. The van der Waals surface area contributed by atoms with Crippen LogP contribution in [-0.2, 0) is 4.79 Å². The number of ketones is 1. The molecule has 0 amide bonds. The summed E-state index contributed by atoms with van der Waals surface area (Å²) in [6.07, 6.45) is 1.90. The van der Waals surface area contributed by atoms with E-state index in [9.17, 15) is 4.79 Å². The third kappa shape index (κ3) is 1.75. The van der Waals surface area contributed by atoms with E-state index in [2.05, 4.69) is 6.07 Å². The summed E-state index contributed by atoms with van der Waals surface area (Å²) in [6, 6.07) is 2.07. The molecule has 1 unspecified atom stereocenters. The van der Waals surface area contributed by atoms with Crippen molar-refractivity contribution in [3.05, 3.63) is 0 Å². The summed E-state index contributed by atoms with van der Waals surface area (Å²) >= 11 is 1.69. The van der Waals surface area contributed by atoms with Crippen LogP contribution in [0.3, 0.4) is 0 Å². The lowest BCUT2D eigenvalue weighted by Gasteiger charge is -2.18. The second-order valence-electron chi connectivity index (χ2n) is 2.91. The van der Waals surface area contributed by atoms with Crippen LogP contribution in [0.1, 0.15) is 26.2 Å². The van der Waals surface area contributed by atoms with E-state index in [1.807, 2.05) is 6.92 Å². The lowest BCUT2D eigenvalue weighted by atomic mass is 9.99. The molecule has 0 aromatic heterocycles. The number of nitrogens with zero attached hydrogens (tertiary/aromatic N) is 1. The fourth-order valence-corrected chi connectivity index (χ4v) is 2.47. The molecule has 0 spiro atoms. The smallest absolute Gasteiger partial charge is 0.149 e. The van der Waals surface area contributed by atoms with Crippen molar-refractivity contribution < 1.29 is 4.79 Å². The number of carbonyl (C=O) groups is 1. The van der Waals surface area contributed by atoms with Crippen LogP contribution in [0.2, 0.25) is 0 Å². The van der Waals surface area contributed by atoms with Crippen LogP contribution in [0.25, 0.3) is 0 Å². The Balaban J connectivity index is 2.52. The highest BCUT2D eigenvalue weighted by Gasteiger charge is 2.37. The van der Waals surface area contributed by atoms with Gasteiger partial charge in [-0.2, -0.15) is 5.26 Å². The molecule has 11 heavy (non-hydrogen) atoms. The summed E-state index contributed by atoms with van der Waals surface area (Å²) < 4.78 is -0.240. The molecule has 0 radical (unpaired) electrons. The predicted octanol–water partition coefficient (Wildman–Crippen LogP) is 1.75. The monoisotopic (exact) mass is 169 g/mol. The number of rotatable bonds is 2. The zero-order valence-electron chi connectivity index (χ0n) is 6.59. The average Bonchev–Trinajstić information content (AvgIpc) is 2.30.